The van der Waals surface area contributed by atoms with Crippen LogP contribution in [-0.2, 0) is 10.0 Å². The molecule has 1 atom stereocenters. The fourth-order valence-electron chi connectivity index (χ4n) is 1.24. The van der Waals surface area contributed by atoms with Gasteiger partial charge in [-0.1, -0.05) is 6.07 Å². The van der Waals surface area contributed by atoms with E-state index < -0.39 is 15.3 Å². The van der Waals surface area contributed by atoms with Gasteiger partial charge < -0.3 is 5.32 Å². The summed E-state index contributed by atoms with van der Waals surface area (Å²) in [4.78, 5) is 0. The van der Waals surface area contributed by atoms with Gasteiger partial charge in [0.25, 0.3) is 0 Å². The third-order valence-electron chi connectivity index (χ3n) is 2.23. The molecule has 1 rings (SSSR count). The van der Waals surface area contributed by atoms with Gasteiger partial charge in [0.1, 0.15) is 0 Å². The molecule has 7 heteroatoms. The van der Waals surface area contributed by atoms with Gasteiger partial charge in [0.2, 0.25) is 10.0 Å². The molecule has 0 heterocycles. The molecular weight excluding hydrogens is 372 g/mol. The smallest absolute Gasteiger partial charge is 0.236 e. The average molecular weight is 386 g/mol. The lowest BCUT2D eigenvalue weighted by Gasteiger charge is -2.16. The second kappa shape index (κ2) is 6.17. The number of rotatable bonds is 5. The van der Waals surface area contributed by atoms with Crippen LogP contribution >= 0.6 is 31.9 Å². The van der Waals surface area contributed by atoms with Crippen molar-refractivity contribution in [1.82, 2.24) is 5.32 Å². The van der Waals surface area contributed by atoms with Crippen LogP contribution in [0.3, 0.4) is 0 Å². The van der Waals surface area contributed by atoms with E-state index in [1.54, 1.807) is 26.1 Å². The van der Waals surface area contributed by atoms with Crippen LogP contribution in [0.1, 0.15) is 6.92 Å². The SMILES string of the molecule is CNCC(C)S(=O)(=O)Nc1c(Br)cccc1Br. The standard InChI is InChI=1S/C10H14Br2N2O2S/c1-7(6-13-2)17(15,16)14-10-8(11)4-3-5-9(10)12/h3-5,7,13-14H,6H2,1-2H3. The van der Waals surface area contributed by atoms with Crippen molar-refractivity contribution >= 4 is 47.6 Å². The van der Waals surface area contributed by atoms with Gasteiger partial charge in [-0.3, -0.25) is 4.72 Å². The zero-order chi connectivity index (χ0) is 13.1. The van der Waals surface area contributed by atoms with E-state index in [1.807, 2.05) is 6.07 Å². The lowest BCUT2D eigenvalue weighted by atomic mass is 10.3. The fraction of sp³-hybridized carbons (Fsp3) is 0.400. The summed E-state index contributed by atoms with van der Waals surface area (Å²) < 4.78 is 28.0. The fourth-order valence-corrected chi connectivity index (χ4v) is 3.79. The predicted octanol–water partition coefficient (Wildman–Crippen LogP) is 2.56. The first-order valence-electron chi connectivity index (χ1n) is 4.98. The number of sulfonamides is 1. The van der Waals surface area contributed by atoms with E-state index in [9.17, 15) is 8.42 Å². The highest BCUT2D eigenvalue weighted by Crippen LogP contribution is 2.31. The molecular formula is C10H14Br2N2O2S. The Labute approximate surface area is 118 Å². The van der Waals surface area contributed by atoms with E-state index in [2.05, 4.69) is 41.9 Å². The summed E-state index contributed by atoms with van der Waals surface area (Å²) in [7, 11) is -1.67. The van der Waals surface area contributed by atoms with Gasteiger partial charge in [0.15, 0.2) is 0 Å². The van der Waals surface area contributed by atoms with Crippen LogP contribution in [-0.4, -0.2) is 27.3 Å². The van der Waals surface area contributed by atoms with Gasteiger partial charge in [0, 0.05) is 15.5 Å². The monoisotopic (exact) mass is 384 g/mol. The molecule has 0 saturated carbocycles. The summed E-state index contributed by atoms with van der Waals surface area (Å²) in [6.07, 6.45) is 0. The maximum Gasteiger partial charge on any atom is 0.236 e. The van der Waals surface area contributed by atoms with E-state index in [0.29, 0.717) is 21.2 Å². The van der Waals surface area contributed by atoms with Crippen molar-refractivity contribution in [3.05, 3.63) is 27.1 Å². The maximum atomic E-state index is 12.0. The van der Waals surface area contributed by atoms with Gasteiger partial charge in [-0.15, -0.1) is 0 Å². The van der Waals surface area contributed by atoms with Crippen LogP contribution in [0.4, 0.5) is 5.69 Å². The second-order valence-corrected chi connectivity index (χ2v) is 7.42. The van der Waals surface area contributed by atoms with E-state index in [-0.39, 0.29) is 0 Å². The molecule has 0 fully saturated rings. The molecule has 1 aromatic carbocycles. The van der Waals surface area contributed by atoms with Crippen molar-refractivity contribution in [2.24, 2.45) is 0 Å². The minimum atomic E-state index is -3.39. The van der Waals surface area contributed by atoms with Crippen molar-refractivity contribution < 1.29 is 8.42 Å². The van der Waals surface area contributed by atoms with E-state index in [1.165, 1.54) is 0 Å². The molecule has 0 aliphatic heterocycles. The van der Waals surface area contributed by atoms with Crippen molar-refractivity contribution in [1.29, 1.82) is 0 Å². The average Bonchev–Trinajstić information content (AvgIpc) is 2.24. The van der Waals surface area contributed by atoms with Crippen molar-refractivity contribution in [3.63, 3.8) is 0 Å². The molecule has 0 radical (unpaired) electrons. The third-order valence-corrected chi connectivity index (χ3v) is 5.26. The zero-order valence-electron chi connectivity index (χ0n) is 9.50. The summed E-state index contributed by atoms with van der Waals surface area (Å²) in [5.41, 5.74) is 0.524. The Morgan fingerprint density at radius 1 is 1.29 bits per heavy atom. The Kier molecular flexibility index (Phi) is 5.43. The number of halogens is 2. The Balaban J connectivity index is 2.98. The lowest BCUT2D eigenvalue weighted by Crippen LogP contribution is -2.33. The van der Waals surface area contributed by atoms with Gasteiger partial charge in [-0.25, -0.2) is 8.42 Å². The molecule has 4 nitrogen and oxygen atoms in total. The number of nitrogens with one attached hydrogen (secondary N) is 2. The minimum Gasteiger partial charge on any atom is -0.318 e. The highest BCUT2D eigenvalue weighted by Gasteiger charge is 2.21. The summed E-state index contributed by atoms with van der Waals surface area (Å²) >= 11 is 6.63. The van der Waals surface area contributed by atoms with Crippen molar-refractivity contribution in [3.8, 4) is 0 Å². The van der Waals surface area contributed by atoms with Crippen LogP contribution < -0.4 is 10.0 Å². The molecule has 17 heavy (non-hydrogen) atoms. The molecule has 0 saturated heterocycles. The Bertz CT molecular complexity index is 471. The van der Waals surface area contributed by atoms with Gasteiger partial charge >= 0.3 is 0 Å². The minimum absolute atomic E-state index is 0.400. The molecule has 0 spiro atoms. The summed E-state index contributed by atoms with van der Waals surface area (Å²) in [6, 6.07) is 5.39. The number of para-hydroxylation sites is 1. The molecule has 0 aliphatic rings. The van der Waals surface area contributed by atoms with Gasteiger partial charge in [0.05, 0.1) is 10.9 Å². The summed E-state index contributed by atoms with van der Waals surface area (Å²) in [6.45, 7) is 2.06. The normalized spacial score (nSPS) is 13.4. The van der Waals surface area contributed by atoms with Gasteiger partial charge in [-0.05, 0) is 58.0 Å². The van der Waals surface area contributed by atoms with Crippen molar-refractivity contribution in [2.45, 2.75) is 12.2 Å². The molecule has 0 amide bonds. The molecule has 96 valence electrons. The highest BCUT2D eigenvalue weighted by molar-refractivity contribution is 9.11. The lowest BCUT2D eigenvalue weighted by molar-refractivity contribution is 0.583. The van der Waals surface area contributed by atoms with E-state index in [4.69, 9.17) is 0 Å². The van der Waals surface area contributed by atoms with Crippen LogP contribution in [0, 0.1) is 0 Å². The van der Waals surface area contributed by atoms with Gasteiger partial charge in [-0.2, -0.15) is 0 Å². The maximum absolute atomic E-state index is 12.0. The molecule has 0 bridgehead atoms. The number of benzene rings is 1. The van der Waals surface area contributed by atoms with E-state index in [0.717, 1.165) is 0 Å². The number of hydrogen-bond donors (Lipinski definition) is 2. The van der Waals surface area contributed by atoms with E-state index >= 15 is 0 Å². The predicted molar refractivity (Wildman–Crippen MR) is 77.8 cm³/mol. The molecule has 2 N–H and O–H groups in total. The van der Waals surface area contributed by atoms with Crippen LogP contribution in [0.5, 0.6) is 0 Å². The summed E-state index contributed by atoms with van der Waals surface area (Å²) in [5, 5.41) is 2.34. The first-order valence-corrected chi connectivity index (χ1v) is 8.12. The Morgan fingerprint density at radius 2 is 1.82 bits per heavy atom. The topological polar surface area (TPSA) is 58.2 Å². The molecule has 0 aromatic heterocycles. The highest BCUT2D eigenvalue weighted by atomic mass is 79.9. The summed E-state index contributed by atoms with van der Waals surface area (Å²) in [5.74, 6) is 0. The van der Waals surface area contributed by atoms with Crippen LogP contribution in [0.2, 0.25) is 0 Å². The number of hydrogen-bond acceptors (Lipinski definition) is 3. The first-order chi connectivity index (χ1) is 7.88. The van der Waals surface area contributed by atoms with Crippen LogP contribution in [0.15, 0.2) is 27.1 Å². The molecule has 0 aliphatic carbocycles. The Hall–Kier alpha value is -0.110. The Morgan fingerprint density at radius 3 is 2.29 bits per heavy atom. The van der Waals surface area contributed by atoms with Crippen molar-refractivity contribution in [2.75, 3.05) is 18.3 Å². The number of anilines is 1. The third kappa shape index (κ3) is 3.94. The molecule has 1 unspecified atom stereocenters. The largest absolute Gasteiger partial charge is 0.318 e. The zero-order valence-corrected chi connectivity index (χ0v) is 13.5. The van der Waals surface area contributed by atoms with Crippen LogP contribution in [0.25, 0.3) is 0 Å². The first kappa shape index (κ1) is 14.9. The molecule has 1 aromatic rings. The second-order valence-electron chi connectivity index (χ2n) is 3.61. The quantitative estimate of drug-likeness (QED) is 0.818.